The van der Waals surface area contributed by atoms with Crippen LogP contribution >= 0.6 is 15.9 Å². The highest BCUT2D eigenvalue weighted by molar-refractivity contribution is 9.10. The van der Waals surface area contributed by atoms with E-state index in [0.717, 1.165) is 28.6 Å². The van der Waals surface area contributed by atoms with E-state index in [9.17, 15) is 14.0 Å². The van der Waals surface area contributed by atoms with Gasteiger partial charge in [0.25, 0.3) is 5.91 Å². The van der Waals surface area contributed by atoms with Crippen LogP contribution in [0, 0.1) is 11.7 Å². The first-order valence-corrected chi connectivity index (χ1v) is 10.0. The molecule has 8 heteroatoms. The van der Waals surface area contributed by atoms with Crippen LogP contribution in [0.1, 0.15) is 32.3 Å². The van der Waals surface area contributed by atoms with Crippen LogP contribution in [0.5, 0.6) is 5.75 Å². The standard InChI is InChI=1S/C21H23BrFN3O3/c1-3-4-11-29-19-10-9-15(12-16(19)22)13-24-26-21(28)14(2)20(27)25-18-8-6-5-7-17(18)23/h5-10,12-14H,3-4,11H2,1-2H3,(H,25,27)(H,26,28). The van der Waals surface area contributed by atoms with Crippen molar-refractivity contribution in [1.29, 1.82) is 0 Å². The van der Waals surface area contributed by atoms with Gasteiger partial charge in [-0.1, -0.05) is 25.5 Å². The molecule has 6 nitrogen and oxygen atoms in total. The average molecular weight is 464 g/mol. The van der Waals surface area contributed by atoms with Crippen LogP contribution in [-0.4, -0.2) is 24.6 Å². The first kappa shape index (κ1) is 22.5. The Bertz CT molecular complexity index is 889. The summed E-state index contributed by atoms with van der Waals surface area (Å²) in [6.45, 7) is 4.15. The minimum absolute atomic E-state index is 0.0201. The number of halogens is 2. The molecule has 0 saturated carbocycles. The van der Waals surface area contributed by atoms with Crippen molar-refractivity contribution in [2.24, 2.45) is 11.0 Å². The lowest BCUT2D eigenvalue weighted by atomic mass is 10.1. The number of nitrogens with one attached hydrogen (secondary N) is 2. The van der Waals surface area contributed by atoms with Gasteiger partial charge in [0.15, 0.2) is 0 Å². The number of carbonyl (C=O) groups excluding carboxylic acids is 2. The van der Waals surface area contributed by atoms with Crippen LogP contribution in [0.4, 0.5) is 10.1 Å². The molecule has 2 aromatic rings. The van der Waals surface area contributed by atoms with E-state index in [1.54, 1.807) is 12.1 Å². The number of amides is 2. The fourth-order valence-electron chi connectivity index (χ4n) is 2.23. The summed E-state index contributed by atoms with van der Waals surface area (Å²) in [5.74, 6) is -2.11. The Labute approximate surface area is 177 Å². The number of benzene rings is 2. The van der Waals surface area contributed by atoms with E-state index >= 15 is 0 Å². The first-order valence-electron chi connectivity index (χ1n) is 9.23. The smallest absolute Gasteiger partial charge is 0.252 e. The maximum Gasteiger partial charge on any atom is 0.252 e. The number of para-hydroxylation sites is 1. The summed E-state index contributed by atoms with van der Waals surface area (Å²) < 4.78 is 20.0. The van der Waals surface area contributed by atoms with E-state index < -0.39 is 23.5 Å². The van der Waals surface area contributed by atoms with E-state index in [1.165, 1.54) is 31.3 Å². The van der Waals surface area contributed by atoms with Crippen molar-refractivity contribution in [3.05, 3.63) is 58.3 Å². The fraction of sp³-hybridized carbons (Fsp3) is 0.286. The van der Waals surface area contributed by atoms with Crippen LogP contribution in [-0.2, 0) is 9.59 Å². The van der Waals surface area contributed by atoms with Crippen molar-refractivity contribution in [2.75, 3.05) is 11.9 Å². The molecule has 154 valence electrons. The van der Waals surface area contributed by atoms with Gasteiger partial charge in [-0.25, -0.2) is 9.82 Å². The minimum Gasteiger partial charge on any atom is -0.492 e. The molecule has 0 radical (unpaired) electrons. The van der Waals surface area contributed by atoms with E-state index in [4.69, 9.17) is 4.74 Å². The Kier molecular flexibility index (Phi) is 8.79. The van der Waals surface area contributed by atoms with Gasteiger partial charge in [-0.2, -0.15) is 5.10 Å². The number of hydrogen-bond acceptors (Lipinski definition) is 4. The summed E-state index contributed by atoms with van der Waals surface area (Å²) in [7, 11) is 0. The van der Waals surface area contributed by atoms with Gasteiger partial charge in [0.2, 0.25) is 5.91 Å². The number of unbranched alkanes of at least 4 members (excludes halogenated alkanes) is 1. The maximum absolute atomic E-state index is 13.6. The van der Waals surface area contributed by atoms with Crippen molar-refractivity contribution in [2.45, 2.75) is 26.7 Å². The largest absolute Gasteiger partial charge is 0.492 e. The monoisotopic (exact) mass is 463 g/mol. The number of hydrazone groups is 1. The minimum atomic E-state index is -1.05. The summed E-state index contributed by atoms with van der Waals surface area (Å²) in [5, 5.41) is 6.26. The summed E-state index contributed by atoms with van der Waals surface area (Å²) in [6.07, 6.45) is 3.49. The Morgan fingerprint density at radius 2 is 2.00 bits per heavy atom. The molecule has 0 bridgehead atoms. The molecule has 0 aliphatic rings. The SMILES string of the molecule is CCCCOc1ccc(C=NNC(=O)C(C)C(=O)Nc2ccccc2F)cc1Br. The van der Waals surface area contributed by atoms with Crippen LogP contribution in [0.3, 0.4) is 0 Å². The zero-order valence-corrected chi connectivity index (χ0v) is 17.8. The normalized spacial score (nSPS) is 11.9. The lowest BCUT2D eigenvalue weighted by Crippen LogP contribution is -2.34. The van der Waals surface area contributed by atoms with Crippen molar-refractivity contribution in [3.8, 4) is 5.75 Å². The summed E-state index contributed by atoms with van der Waals surface area (Å²) in [5.41, 5.74) is 3.08. The van der Waals surface area contributed by atoms with Crippen molar-refractivity contribution >= 4 is 39.6 Å². The third kappa shape index (κ3) is 6.98. The average Bonchev–Trinajstić information content (AvgIpc) is 2.70. The predicted octanol–water partition coefficient (Wildman–Crippen LogP) is 4.49. The molecule has 0 aliphatic heterocycles. The molecule has 0 spiro atoms. The van der Waals surface area contributed by atoms with Crippen LogP contribution < -0.4 is 15.5 Å². The number of hydrogen-bond donors (Lipinski definition) is 2. The third-order valence-electron chi connectivity index (χ3n) is 4.02. The summed E-state index contributed by atoms with van der Waals surface area (Å²) >= 11 is 3.44. The molecule has 0 aromatic heterocycles. The van der Waals surface area contributed by atoms with E-state index in [-0.39, 0.29) is 5.69 Å². The lowest BCUT2D eigenvalue weighted by molar-refractivity contribution is -0.131. The van der Waals surface area contributed by atoms with E-state index in [0.29, 0.717) is 6.61 Å². The number of rotatable bonds is 9. The molecule has 1 atom stereocenters. The number of carbonyl (C=O) groups is 2. The molecule has 0 saturated heterocycles. The highest BCUT2D eigenvalue weighted by Crippen LogP contribution is 2.25. The second-order valence-electron chi connectivity index (χ2n) is 6.32. The van der Waals surface area contributed by atoms with Gasteiger partial charge in [0.05, 0.1) is 23.0 Å². The Morgan fingerprint density at radius 3 is 2.69 bits per heavy atom. The van der Waals surface area contributed by atoms with Crippen molar-refractivity contribution in [3.63, 3.8) is 0 Å². The van der Waals surface area contributed by atoms with Gasteiger partial charge >= 0.3 is 0 Å². The van der Waals surface area contributed by atoms with Gasteiger partial charge in [-0.3, -0.25) is 9.59 Å². The highest BCUT2D eigenvalue weighted by atomic mass is 79.9. The lowest BCUT2D eigenvalue weighted by Gasteiger charge is -2.11. The summed E-state index contributed by atoms with van der Waals surface area (Å²) in [6, 6.07) is 11.2. The predicted molar refractivity (Wildman–Crippen MR) is 114 cm³/mol. The zero-order valence-electron chi connectivity index (χ0n) is 16.2. The number of nitrogens with zero attached hydrogens (tertiary/aromatic N) is 1. The summed E-state index contributed by atoms with van der Waals surface area (Å²) in [4.78, 5) is 24.2. The third-order valence-corrected chi connectivity index (χ3v) is 4.64. The zero-order chi connectivity index (χ0) is 21.2. The van der Waals surface area contributed by atoms with Gasteiger partial charge in [-0.15, -0.1) is 0 Å². The Morgan fingerprint density at radius 1 is 1.24 bits per heavy atom. The van der Waals surface area contributed by atoms with Gasteiger partial charge in [0, 0.05) is 0 Å². The van der Waals surface area contributed by atoms with Gasteiger partial charge in [-0.05, 0) is 65.2 Å². The molecule has 2 N–H and O–H groups in total. The van der Waals surface area contributed by atoms with E-state index in [1.807, 2.05) is 12.1 Å². The molecule has 1 unspecified atom stereocenters. The van der Waals surface area contributed by atoms with Gasteiger partial charge < -0.3 is 10.1 Å². The second kappa shape index (κ2) is 11.3. The first-order chi connectivity index (χ1) is 13.9. The Hall–Kier alpha value is -2.74. The molecule has 0 fully saturated rings. The molecular formula is C21H23BrFN3O3. The topological polar surface area (TPSA) is 79.8 Å². The molecule has 0 aliphatic carbocycles. The highest BCUT2D eigenvalue weighted by Gasteiger charge is 2.22. The number of ether oxygens (including phenoxy) is 1. The quantitative estimate of drug-likeness (QED) is 0.248. The number of anilines is 1. The fourth-order valence-corrected chi connectivity index (χ4v) is 2.74. The van der Waals surface area contributed by atoms with Crippen LogP contribution in [0.25, 0.3) is 0 Å². The Balaban J connectivity index is 1.88. The molecule has 2 aromatic carbocycles. The van der Waals surface area contributed by atoms with Crippen molar-refractivity contribution in [1.82, 2.24) is 5.43 Å². The van der Waals surface area contributed by atoms with Crippen LogP contribution in [0.15, 0.2) is 52.0 Å². The second-order valence-corrected chi connectivity index (χ2v) is 7.17. The molecular weight excluding hydrogens is 441 g/mol. The maximum atomic E-state index is 13.6. The van der Waals surface area contributed by atoms with Crippen molar-refractivity contribution < 1.29 is 18.7 Å². The van der Waals surface area contributed by atoms with Crippen LogP contribution in [0.2, 0.25) is 0 Å². The van der Waals surface area contributed by atoms with Gasteiger partial charge in [0.1, 0.15) is 17.5 Å². The molecule has 0 heterocycles. The van der Waals surface area contributed by atoms with E-state index in [2.05, 4.69) is 38.7 Å². The molecule has 2 rings (SSSR count). The molecule has 29 heavy (non-hydrogen) atoms. The molecule has 2 amide bonds.